The van der Waals surface area contributed by atoms with E-state index in [4.69, 9.17) is 9.84 Å². The van der Waals surface area contributed by atoms with E-state index in [0.717, 1.165) is 35.9 Å². The largest absolute Gasteiger partial charge is 0.497 e. The van der Waals surface area contributed by atoms with Crippen LogP contribution in [-0.2, 0) is 6.42 Å². The molecule has 1 aromatic heterocycles. The van der Waals surface area contributed by atoms with Crippen molar-refractivity contribution in [1.82, 2.24) is 9.78 Å². The van der Waals surface area contributed by atoms with Crippen LogP contribution in [-0.4, -0.2) is 29.7 Å². The maximum atomic E-state index is 5.25. The number of fused-ring (bicyclic) bond motifs is 1. The van der Waals surface area contributed by atoms with Gasteiger partial charge in [-0.25, -0.2) is 4.68 Å². The first-order valence-corrected chi connectivity index (χ1v) is 9.18. The van der Waals surface area contributed by atoms with Gasteiger partial charge in [0, 0.05) is 22.6 Å². The van der Waals surface area contributed by atoms with Gasteiger partial charge in [0.15, 0.2) is 0 Å². The van der Waals surface area contributed by atoms with Crippen LogP contribution in [0.1, 0.15) is 5.56 Å². The summed E-state index contributed by atoms with van der Waals surface area (Å²) in [5, 5.41) is 8.42. The SMILES string of the molecule is COc1ccc(-n2nc(-c3ccccc3SC)c3c2NCC3)cc1. The maximum absolute atomic E-state index is 5.25. The molecule has 0 radical (unpaired) electrons. The van der Waals surface area contributed by atoms with E-state index in [0.29, 0.717) is 0 Å². The molecule has 4 nitrogen and oxygen atoms in total. The maximum Gasteiger partial charge on any atom is 0.133 e. The van der Waals surface area contributed by atoms with Gasteiger partial charge in [0.25, 0.3) is 0 Å². The van der Waals surface area contributed by atoms with Gasteiger partial charge < -0.3 is 10.1 Å². The van der Waals surface area contributed by atoms with Gasteiger partial charge in [-0.3, -0.25) is 0 Å². The van der Waals surface area contributed by atoms with Crippen molar-refractivity contribution in [3.05, 3.63) is 54.1 Å². The zero-order valence-electron chi connectivity index (χ0n) is 13.7. The molecule has 2 aromatic carbocycles. The molecular weight excluding hydrogens is 318 g/mol. The van der Waals surface area contributed by atoms with Gasteiger partial charge in [-0.15, -0.1) is 11.8 Å². The third-order valence-corrected chi connectivity index (χ3v) is 5.13. The molecule has 2 heterocycles. The fourth-order valence-electron chi connectivity index (χ4n) is 3.14. The molecule has 0 atom stereocenters. The zero-order valence-corrected chi connectivity index (χ0v) is 14.6. The number of rotatable bonds is 4. The molecule has 24 heavy (non-hydrogen) atoms. The molecule has 0 saturated heterocycles. The molecule has 122 valence electrons. The van der Waals surface area contributed by atoms with Crippen molar-refractivity contribution in [1.29, 1.82) is 0 Å². The van der Waals surface area contributed by atoms with Crippen molar-refractivity contribution in [3.8, 4) is 22.7 Å². The summed E-state index contributed by atoms with van der Waals surface area (Å²) in [7, 11) is 1.68. The summed E-state index contributed by atoms with van der Waals surface area (Å²) < 4.78 is 7.26. The number of nitrogens with zero attached hydrogens (tertiary/aromatic N) is 2. The minimum absolute atomic E-state index is 0.850. The summed E-state index contributed by atoms with van der Waals surface area (Å²) in [4.78, 5) is 1.26. The highest BCUT2D eigenvalue weighted by molar-refractivity contribution is 7.98. The van der Waals surface area contributed by atoms with Crippen molar-refractivity contribution in [2.75, 3.05) is 25.2 Å². The molecule has 0 fully saturated rings. The Labute approximate surface area is 145 Å². The molecule has 0 amide bonds. The number of thioether (sulfide) groups is 1. The number of aromatic nitrogens is 2. The Hall–Kier alpha value is -2.40. The average Bonchev–Trinajstić information content (AvgIpc) is 3.24. The predicted molar refractivity (Wildman–Crippen MR) is 99.5 cm³/mol. The van der Waals surface area contributed by atoms with Crippen molar-refractivity contribution < 1.29 is 4.74 Å². The van der Waals surface area contributed by atoms with Crippen LogP contribution in [0.5, 0.6) is 5.75 Å². The highest BCUT2D eigenvalue weighted by atomic mass is 32.2. The Morgan fingerprint density at radius 3 is 2.67 bits per heavy atom. The normalized spacial score (nSPS) is 12.8. The number of benzene rings is 2. The lowest BCUT2D eigenvalue weighted by molar-refractivity contribution is 0.414. The second-order valence-corrected chi connectivity index (χ2v) is 6.51. The third-order valence-electron chi connectivity index (χ3n) is 4.33. The van der Waals surface area contributed by atoms with Crippen molar-refractivity contribution in [3.63, 3.8) is 0 Å². The molecule has 0 aliphatic carbocycles. The van der Waals surface area contributed by atoms with Crippen molar-refractivity contribution >= 4 is 17.6 Å². The van der Waals surface area contributed by atoms with Gasteiger partial charge in [0.05, 0.1) is 18.5 Å². The second-order valence-electron chi connectivity index (χ2n) is 5.66. The topological polar surface area (TPSA) is 39.1 Å². The van der Waals surface area contributed by atoms with E-state index in [-0.39, 0.29) is 0 Å². The molecule has 0 bridgehead atoms. The Kier molecular flexibility index (Phi) is 3.94. The van der Waals surface area contributed by atoms with Gasteiger partial charge in [-0.05, 0) is 43.0 Å². The second kappa shape index (κ2) is 6.24. The predicted octanol–water partition coefficient (Wildman–Crippen LogP) is 4.24. The first kappa shape index (κ1) is 15.1. The van der Waals surface area contributed by atoms with Crippen molar-refractivity contribution in [2.45, 2.75) is 11.3 Å². The van der Waals surface area contributed by atoms with Crippen molar-refractivity contribution in [2.24, 2.45) is 0 Å². The van der Waals surface area contributed by atoms with Crippen LogP contribution in [0.2, 0.25) is 0 Å². The molecule has 0 unspecified atom stereocenters. The van der Waals surface area contributed by atoms with E-state index in [1.165, 1.54) is 16.0 Å². The van der Waals surface area contributed by atoms with E-state index in [2.05, 4.69) is 35.8 Å². The molecule has 3 aromatic rings. The Bertz CT molecular complexity index is 871. The van der Waals surface area contributed by atoms with E-state index in [9.17, 15) is 0 Å². The van der Waals surface area contributed by atoms with Crippen LogP contribution < -0.4 is 10.1 Å². The van der Waals surface area contributed by atoms with Gasteiger partial charge in [0.1, 0.15) is 11.6 Å². The molecule has 5 heteroatoms. The number of hydrogen-bond donors (Lipinski definition) is 1. The summed E-state index contributed by atoms with van der Waals surface area (Å²) in [5.74, 6) is 1.95. The molecule has 1 N–H and O–H groups in total. The Morgan fingerprint density at radius 1 is 1.12 bits per heavy atom. The number of anilines is 1. The Balaban J connectivity index is 1.86. The zero-order chi connectivity index (χ0) is 16.5. The highest BCUT2D eigenvalue weighted by Crippen LogP contribution is 2.38. The average molecular weight is 337 g/mol. The molecule has 1 aliphatic heterocycles. The lowest BCUT2D eigenvalue weighted by Crippen LogP contribution is -2.04. The van der Waals surface area contributed by atoms with E-state index in [1.54, 1.807) is 18.9 Å². The highest BCUT2D eigenvalue weighted by Gasteiger charge is 2.24. The standard InChI is InChI=1S/C19H19N3OS/c1-23-14-9-7-13(8-10-14)22-19-16(11-12-20-19)18(21-22)15-5-3-4-6-17(15)24-2/h3-10,20H,11-12H2,1-2H3. The smallest absolute Gasteiger partial charge is 0.133 e. The minimum Gasteiger partial charge on any atom is -0.497 e. The summed E-state index contributed by atoms with van der Waals surface area (Å²) >= 11 is 1.76. The fourth-order valence-corrected chi connectivity index (χ4v) is 3.74. The lowest BCUT2D eigenvalue weighted by atomic mass is 10.1. The number of methoxy groups -OCH3 is 1. The molecule has 1 aliphatic rings. The quantitative estimate of drug-likeness (QED) is 0.723. The third kappa shape index (κ3) is 2.45. The van der Waals surface area contributed by atoms with Crippen LogP contribution in [0.25, 0.3) is 16.9 Å². The van der Waals surface area contributed by atoms with Crippen LogP contribution in [0, 0.1) is 0 Å². The van der Waals surface area contributed by atoms with Crippen LogP contribution >= 0.6 is 11.8 Å². The van der Waals surface area contributed by atoms with Gasteiger partial charge in [0.2, 0.25) is 0 Å². The van der Waals surface area contributed by atoms with Gasteiger partial charge in [-0.2, -0.15) is 5.10 Å². The summed E-state index contributed by atoms with van der Waals surface area (Å²) in [6.45, 7) is 0.956. The Morgan fingerprint density at radius 2 is 1.92 bits per heavy atom. The monoisotopic (exact) mass is 337 g/mol. The lowest BCUT2D eigenvalue weighted by Gasteiger charge is -2.08. The minimum atomic E-state index is 0.850. The van der Waals surface area contributed by atoms with E-state index < -0.39 is 0 Å². The van der Waals surface area contributed by atoms with Gasteiger partial charge >= 0.3 is 0 Å². The summed E-state index contributed by atoms with van der Waals surface area (Å²) in [6.07, 6.45) is 3.11. The van der Waals surface area contributed by atoms with Gasteiger partial charge in [-0.1, -0.05) is 18.2 Å². The summed E-state index contributed by atoms with van der Waals surface area (Å²) in [6, 6.07) is 16.5. The fraction of sp³-hybridized carbons (Fsp3) is 0.211. The first-order valence-electron chi connectivity index (χ1n) is 7.95. The number of ether oxygens (including phenoxy) is 1. The van der Waals surface area contributed by atoms with E-state index >= 15 is 0 Å². The van der Waals surface area contributed by atoms with Crippen LogP contribution in [0.4, 0.5) is 5.82 Å². The molecular formula is C19H19N3OS. The summed E-state index contributed by atoms with van der Waals surface area (Å²) in [5.41, 5.74) is 4.62. The first-order chi connectivity index (χ1) is 11.8. The molecule has 0 saturated carbocycles. The van der Waals surface area contributed by atoms with Crippen LogP contribution in [0.15, 0.2) is 53.4 Å². The molecule has 4 rings (SSSR count). The number of nitrogens with one attached hydrogen (secondary N) is 1. The van der Waals surface area contributed by atoms with E-state index in [1.807, 2.05) is 28.9 Å². The molecule has 0 spiro atoms. The van der Waals surface area contributed by atoms with Crippen LogP contribution in [0.3, 0.4) is 0 Å². The number of hydrogen-bond acceptors (Lipinski definition) is 4.